The van der Waals surface area contributed by atoms with Gasteiger partial charge in [-0.05, 0) is 283 Å². The molecule has 0 spiro atoms. The zero-order valence-electron chi connectivity index (χ0n) is 68.2. The molecule has 0 amide bonds. The molecule has 11 heteroatoms. The van der Waals surface area contributed by atoms with Gasteiger partial charge >= 0.3 is 0 Å². The highest BCUT2D eigenvalue weighted by molar-refractivity contribution is 6.92. The maximum Gasteiger partial charge on any atom is 0.272 e. The smallest absolute Gasteiger partial charge is 0.272 e. The summed E-state index contributed by atoms with van der Waals surface area (Å²) in [5.41, 5.74) is -3.70. The van der Waals surface area contributed by atoms with Crippen LogP contribution in [0.25, 0.3) is 0 Å². The van der Waals surface area contributed by atoms with Gasteiger partial charge in [-0.3, -0.25) is 0 Å². The normalized spacial score (nSPS) is 12.9. The number of benzene rings is 4. The minimum Gasteiger partial charge on any atom is -0.484 e. The average molecular weight is 1410 g/mol. The molecule has 0 bridgehead atoms. The molecule has 99 heavy (non-hydrogen) atoms. The Morgan fingerprint density at radius 2 is 0.343 bits per heavy atom. The Labute approximate surface area is 612 Å². The zero-order chi connectivity index (χ0) is 73.6. The third-order valence-electron chi connectivity index (χ3n) is 19.2. The number of ether oxygens (including phenoxy) is 8. The Bertz CT molecular complexity index is 2520. The highest BCUT2D eigenvalue weighted by atomic mass is 28.4. The third kappa shape index (κ3) is 32.5. The SMILES string of the molecule is CCCCCC(C)(C)Oc1ccc([Si](O[Si](c2ccc(OC(C)(C)CCCCC)c(OC(C)(C)CCCCC)c2)c2ccc(OC(C)(C)CCCCC)c(OC(C)(C)CCCCC)c2)c2ccc(OC(C)(C)CCCCC)c(OC(C)(C)CCCCC)c2)cc1OC(C)(C)CCCCC. The predicted octanol–water partition coefficient (Wildman–Crippen LogP) is 24.5. The summed E-state index contributed by atoms with van der Waals surface area (Å²) in [6.07, 6.45) is 34.2. The highest BCUT2D eigenvalue weighted by Gasteiger charge is 2.37. The Kier molecular flexibility index (Phi) is 36.8. The van der Waals surface area contributed by atoms with E-state index < -0.39 is 62.9 Å². The lowest BCUT2D eigenvalue weighted by Crippen LogP contribution is -2.56. The summed E-state index contributed by atoms with van der Waals surface area (Å²) in [6, 6.07) is 26.8. The first-order valence-electron chi connectivity index (χ1n) is 40.1. The molecule has 4 rings (SSSR count). The van der Waals surface area contributed by atoms with Crippen molar-refractivity contribution in [3.63, 3.8) is 0 Å². The van der Waals surface area contributed by atoms with Gasteiger partial charge in [0.1, 0.15) is 44.8 Å². The summed E-state index contributed by atoms with van der Waals surface area (Å²) in [5.74, 6) is 5.90. The van der Waals surface area contributed by atoms with E-state index >= 15 is 0 Å². The van der Waals surface area contributed by atoms with Gasteiger partial charge < -0.3 is 42.0 Å². The standard InChI is InChI=1S/C88H148O9Si2/c1-25-33-41-57-81(9,10)89-73-53-49-69(65-77(73)93-85(17,18)61-45-37-29-5)98(70-50-54-74(90-82(11,12)58-42-34-26-2)78(66-70)94-86(19,20)62-46-38-30-6)97-99(71-51-55-75(91-83(13,14)59-43-35-27-3)79(67-71)95-87(21,22)63-47-39-31-7)72-52-56-76(92-84(15,16)60-44-36-28-4)80(68-72)96-88(23,24)64-48-40-32-8/h49-56,65-68H,25-48,57-64H2,1-24H3. The van der Waals surface area contributed by atoms with Crippen molar-refractivity contribution >= 4 is 38.8 Å². The van der Waals surface area contributed by atoms with Crippen molar-refractivity contribution in [2.24, 2.45) is 0 Å². The topological polar surface area (TPSA) is 83.1 Å². The van der Waals surface area contributed by atoms with Gasteiger partial charge in [0.2, 0.25) is 0 Å². The van der Waals surface area contributed by atoms with Crippen molar-refractivity contribution in [3.05, 3.63) is 72.8 Å². The maximum absolute atomic E-state index is 8.50. The van der Waals surface area contributed by atoms with E-state index in [1.807, 2.05) is 0 Å². The highest BCUT2D eigenvalue weighted by Crippen LogP contribution is 2.41. The van der Waals surface area contributed by atoms with E-state index in [0.29, 0.717) is 0 Å². The first kappa shape index (κ1) is 87.1. The van der Waals surface area contributed by atoms with Crippen LogP contribution in [0.4, 0.5) is 0 Å². The second-order valence-electron chi connectivity index (χ2n) is 34.0. The minimum atomic E-state index is -2.34. The molecule has 0 fully saturated rings. The molecular weight excluding hydrogens is 1260 g/mol. The molecule has 0 saturated heterocycles. The van der Waals surface area contributed by atoms with Crippen molar-refractivity contribution in [2.45, 2.75) is 416 Å². The number of rotatable bonds is 54. The van der Waals surface area contributed by atoms with Crippen LogP contribution in [0, 0.1) is 0 Å². The summed E-state index contributed by atoms with van der Waals surface area (Å²) >= 11 is 0. The van der Waals surface area contributed by atoms with E-state index in [2.05, 4.69) is 239 Å². The average Bonchev–Trinajstić information content (AvgIpc) is 0.780. The van der Waals surface area contributed by atoms with Gasteiger partial charge in [-0.2, -0.15) is 0 Å². The van der Waals surface area contributed by atoms with Crippen molar-refractivity contribution in [2.75, 3.05) is 0 Å². The molecule has 4 aromatic carbocycles. The van der Waals surface area contributed by atoms with E-state index in [4.69, 9.17) is 42.0 Å². The molecule has 0 N–H and O–H groups in total. The van der Waals surface area contributed by atoms with E-state index in [9.17, 15) is 0 Å². The molecular formula is C88H148O9Si2. The Morgan fingerprint density at radius 1 is 0.202 bits per heavy atom. The van der Waals surface area contributed by atoms with Gasteiger partial charge in [0.25, 0.3) is 18.1 Å². The first-order chi connectivity index (χ1) is 46.6. The molecule has 4 aromatic rings. The predicted molar refractivity (Wildman–Crippen MR) is 428 cm³/mol. The van der Waals surface area contributed by atoms with E-state index in [1.165, 1.54) is 0 Å². The van der Waals surface area contributed by atoms with Crippen LogP contribution in [0.15, 0.2) is 72.8 Å². The van der Waals surface area contributed by atoms with Gasteiger partial charge in [0.15, 0.2) is 46.0 Å². The molecule has 562 valence electrons. The fourth-order valence-corrected chi connectivity index (χ4v) is 18.5. The first-order valence-corrected chi connectivity index (χ1v) is 42.9. The van der Waals surface area contributed by atoms with Crippen LogP contribution in [-0.4, -0.2) is 62.9 Å². The summed E-state index contributed by atoms with van der Waals surface area (Å²) in [5, 5.41) is 4.13. The van der Waals surface area contributed by atoms with Crippen molar-refractivity contribution in [1.29, 1.82) is 0 Å². The van der Waals surface area contributed by atoms with Crippen LogP contribution in [0.5, 0.6) is 46.0 Å². The summed E-state index contributed by atoms with van der Waals surface area (Å²) in [7, 11) is -4.67. The lowest BCUT2D eigenvalue weighted by atomic mass is 10.00. The molecule has 0 aliphatic rings. The molecule has 0 heterocycles. The lowest BCUT2D eigenvalue weighted by molar-refractivity contribution is 0.0652. The summed E-state index contributed by atoms with van der Waals surface area (Å²) in [4.78, 5) is 0. The third-order valence-corrected chi connectivity index (χ3v) is 24.2. The minimum absolute atomic E-state index is 0.437. The van der Waals surface area contributed by atoms with Gasteiger partial charge in [-0.25, -0.2) is 0 Å². The Hall–Kier alpha value is -4.33. The van der Waals surface area contributed by atoms with Crippen LogP contribution >= 0.6 is 0 Å². The van der Waals surface area contributed by atoms with Crippen LogP contribution in [0.3, 0.4) is 0 Å². The van der Waals surface area contributed by atoms with E-state index in [1.54, 1.807) is 0 Å². The largest absolute Gasteiger partial charge is 0.484 e. The molecule has 9 nitrogen and oxygen atoms in total. The number of unbranched alkanes of at least 4 members (excludes halogenated alkanes) is 16. The van der Waals surface area contributed by atoms with Crippen molar-refractivity contribution in [1.82, 2.24) is 0 Å². The van der Waals surface area contributed by atoms with Gasteiger partial charge in [0.05, 0.1) is 0 Å². The Balaban J connectivity index is 2.31. The fourth-order valence-electron chi connectivity index (χ4n) is 13.1. The zero-order valence-corrected chi connectivity index (χ0v) is 70.2. The molecule has 0 atom stereocenters. The monoisotopic (exact) mass is 1410 g/mol. The quantitative estimate of drug-likeness (QED) is 0.0317. The summed E-state index contributed by atoms with van der Waals surface area (Å²) < 4.78 is 66.9. The Morgan fingerprint density at radius 3 is 0.485 bits per heavy atom. The van der Waals surface area contributed by atoms with Gasteiger partial charge in [0, 0.05) is 0 Å². The van der Waals surface area contributed by atoms with Gasteiger partial charge in [-0.15, -0.1) is 0 Å². The van der Waals surface area contributed by atoms with Crippen molar-refractivity contribution < 1.29 is 42.0 Å². The van der Waals surface area contributed by atoms with Crippen LogP contribution in [0.2, 0.25) is 0 Å². The molecule has 0 aromatic heterocycles. The maximum atomic E-state index is 8.50. The van der Waals surface area contributed by atoms with Crippen LogP contribution in [0.1, 0.15) is 372 Å². The van der Waals surface area contributed by atoms with Crippen LogP contribution in [-0.2, 0) is 4.12 Å². The fraction of sp³-hybridized carbons (Fsp3) is 0.727. The van der Waals surface area contributed by atoms with Crippen LogP contribution < -0.4 is 58.6 Å². The molecule has 0 saturated carbocycles. The number of hydrogen-bond acceptors (Lipinski definition) is 9. The van der Waals surface area contributed by atoms with Gasteiger partial charge in [-0.1, -0.05) is 182 Å². The molecule has 0 aliphatic heterocycles. The van der Waals surface area contributed by atoms with Crippen molar-refractivity contribution in [3.8, 4) is 46.0 Å². The summed E-state index contributed by atoms with van der Waals surface area (Å²) in [6.45, 7) is 53.8. The van der Waals surface area contributed by atoms with E-state index in [-0.39, 0.29) is 0 Å². The molecule has 0 unspecified atom stereocenters. The molecule has 2 radical (unpaired) electrons. The second-order valence-corrected chi connectivity index (χ2v) is 38.4. The second kappa shape index (κ2) is 41.8. The molecule has 0 aliphatic carbocycles. The lowest BCUT2D eigenvalue weighted by Gasteiger charge is -2.34. The van der Waals surface area contributed by atoms with E-state index in [0.717, 1.165) is 272 Å². The number of hydrogen-bond donors (Lipinski definition) is 0.